The highest BCUT2D eigenvalue weighted by Gasteiger charge is 2.20. The minimum Gasteiger partial charge on any atom is -0.383 e. The molecule has 0 aliphatic carbocycles. The minimum absolute atomic E-state index is 0.712. The second-order valence-electron chi connectivity index (χ2n) is 3.56. The van der Waals surface area contributed by atoms with Crippen molar-refractivity contribution < 1.29 is 4.74 Å². The van der Waals surface area contributed by atoms with Gasteiger partial charge in [0.15, 0.2) is 5.11 Å². The van der Waals surface area contributed by atoms with Gasteiger partial charge in [-0.1, -0.05) is 6.92 Å². The summed E-state index contributed by atoms with van der Waals surface area (Å²) in [5.41, 5.74) is 0. The summed E-state index contributed by atoms with van der Waals surface area (Å²) in [6, 6.07) is 0. The molecular weight excluding hydrogens is 184 g/mol. The van der Waals surface area contributed by atoms with Gasteiger partial charge in [0.2, 0.25) is 0 Å². The first-order valence-electron chi connectivity index (χ1n) is 4.75. The fourth-order valence-corrected chi connectivity index (χ4v) is 1.76. The number of hydrogen-bond donors (Lipinski definition) is 1. The Morgan fingerprint density at radius 3 is 3.00 bits per heavy atom. The molecule has 1 N–H and O–H groups in total. The highest BCUT2D eigenvalue weighted by atomic mass is 32.1. The SMILES string of the molecule is COCCNC(=S)N1CCC(C)C1. The summed E-state index contributed by atoms with van der Waals surface area (Å²) in [4.78, 5) is 2.23. The third-order valence-corrected chi connectivity index (χ3v) is 2.70. The van der Waals surface area contributed by atoms with Crippen LogP contribution in [-0.2, 0) is 4.74 Å². The lowest BCUT2D eigenvalue weighted by molar-refractivity contribution is 0.203. The molecular formula is C9H18N2OS. The third-order valence-electron chi connectivity index (χ3n) is 2.29. The Balaban J connectivity index is 2.16. The smallest absolute Gasteiger partial charge is 0.169 e. The molecule has 0 bridgehead atoms. The lowest BCUT2D eigenvalue weighted by atomic mass is 10.2. The average molecular weight is 202 g/mol. The number of nitrogens with one attached hydrogen (secondary N) is 1. The number of thiocarbonyl (C=S) groups is 1. The van der Waals surface area contributed by atoms with E-state index in [0.29, 0.717) is 6.61 Å². The first-order chi connectivity index (χ1) is 6.24. The Hall–Kier alpha value is -0.350. The van der Waals surface area contributed by atoms with Gasteiger partial charge in [-0.05, 0) is 24.6 Å². The van der Waals surface area contributed by atoms with Gasteiger partial charge in [-0.25, -0.2) is 0 Å². The molecule has 1 saturated heterocycles. The summed E-state index contributed by atoms with van der Waals surface area (Å²) in [6.45, 7) is 5.97. The lowest BCUT2D eigenvalue weighted by Gasteiger charge is -2.19. The second kappa shape index (κ2) is 5.40. The van der Waals surface area contributed by atoms with E-state index in [1.165, 1.54) is 6.42 Å². The standard InChI is InChI=1S/C9H18N2OS/c1-8-3-5-11(7-8)9(13)10-4-6-12-2/h8H,3-7H2,1-2H3,(H,10,13). The molecule has 1 fully saturated rings. The van der Waals surface area contributed by atoms with Gasteiger partial charge in [0.25, 0.3) is 0 Å². The Labute approximate surface area is 85.4 Å². The molecule has 0 aromatic carbocycles. The number of likely N-dealkylation sites (tertiary alicyclic amines) is 1. The number of methoxy groups -OCH3 is 1. The Morgan fingerprint density at radius 2 is 2.46 bits per heavy atom. The minimum atomic E-state index is 0.712. The molecule has 0 radical (unpaired) electrons. The third kappa shape index (κ3) is 3.48. The van der Waals surface area contributed by atoms with Gasteiger partial charge in [0.05, 0.1) is 6.61 Å². The number of hydrogen-bond acceptors (Lipinski definition) is 2. The number of rotatable bonds is 3. The fourth-order valence-electron chi connectivity index (χ4n) is 1.49. The van der Waals surface area contributed by atoms with Crippen molar-refractivity contribution >= 4 is 17.3 Å². The van der Waals surface area contributed by atoms with Crippen LogP contribution in [0, 0.1) is 5.92 Å². The van der Waals surface area contributed by atoms with Crippen molar-refractivity contribution in [1.29, 1.82) is 0 Å². The molecule has 76 valence electrons. The zero-order chi connectivity index (χ0) is 9.68. The second-order valence-corrected chi connectivity index (χ2v) is 3.95. The topological polar surface area (TPSA) is 24.5 Å². The molecule has 1 heterocycles. The van der Waals surface area contributed by atoms with Crippen LogP contribution in [0.5, 0.6) is 0 Å². The molecule has 1 aliphatic rings. The van der Waals surface area contributed by atoms with E-state index >= 15 is 0 Å². The van der Waals surface area contributed by atoms with E-state index in [9.17, 15) is 0 Å². The number of ether oxygens (including phenoxy) is 1. The zero-order valence-electron chi connectivity index (χ0n) is 8.38. The maximum Gasteiger partial charge on any atom is 0.169 e. The largest absolute Gasteiger partial charge is 0.383 e. The van der Waals surface area contributed by atoms with Gasteiger partial charge < -0.3 is 15.0 Å². The van der Waals surface area contributed by atoms with Gasteiger partial charge in [-0.15, -0.1) is 0 Å². The van der Waals surface area contributed by atoms with Crippen LogP contribution >= 0.6 is 12.2 Å². The summed E-state index contributed by atoms with van der Waals surface area (Å²) in [5, 5.41) is 4.05. The monoisotopic (exact) mass is 202 g/mol. The maximum atomic E-state index is 5.24. The van der Waals surface area contributed by atoms with Crippen molar-refractivity contribution in [3.05, 3.63) is 0 Å². The molecule has 0 spiro atoms. The maximum absolute atomic E-state index is 5.24. The molecule has 0 amide bonds. The van der Waals surface area contributed by atoms with Crippen LogP contribution in [0.25, 0.3) is 0 Å². The predicted octanol–water partition coefficient (Wildman–Crippen LogP) is 0.849. The molecule has 1 rings (SSSR count). The van der Waals surface area contributed by atoms with Crippen LogP contribution in [0.4, 0.5) is 0 Å². The average Bonchev–Trinajstić information content (AvgIpc) is 2.52. The van der Waals surface area contributed by atoms with E-state index in [1.807, 2.05) is 0 Å². The quantitative estimate of drug-likeness (QED) is 0.542. The lowest BCUT2D eigenvalue weighted by Crippen LogP contribution is -2.39. The molecule has 0 aromatic rings. The van der Waals surface area contributed by atoms with E-state index in [0.717, 1.165) is 30.7 Å². The van der Waals surface area contributed by atoms with Gasteiger partial charge >= 0.3 is 0 Å². The van der Waals surface area contributed by atoms with Gasteiger partial charge in [-0.3, -0.25) is 0 Å². The van der Waals surface area contributed by atoms with E-state index in [2.05, 4.69) is 17.1 Å². The van der Waals surface area contributed by atoms with Gasteiger partial charge in [0, 0.05) is 26.7 Å². The first-order valence-corrected chi connectivity index (χ1v) is 5.16. The zero-order valence-corrected chi connectivity index (χ0v) is 9.19. The molecule has 0 aromatic heterocycles. The van der Waals surface area contributed by atoms with Crippen molar-refractivity contribution in [3.63, 3.8) is 0 Å². The molecule has 13 heavy (non-hydrogen) atoms. The van der Waals surface area contributed by atoms with Crippen LogP contribution in [0.15, 0.2) is 0 Å². The van der Waals surface area contributed by atoms with Gasteiger partial charge in [0.1, 0.15) is 0 Å². The first kappa shape index (κ1) is 10.7. The summed E-state index contributed by atoms with van der Waals surface area (Å²) in [6.07, 6.45) is 1.26. The van der Waals surface area contributed by atoms with Crippen molar-refractivity contribution in [2.75, 3.05) is 33.4 Å². The van der Waals surface area contributed by atoms with Crippen LogP contribution in [-0.4, -0.2) is 43.4 Å². The highest BCUT2D eigenvalue weighted by Crippen LogP contribution is 2.14. The normalized spacial score (nSPS) is 22.0. The number of nitrogens with zero attached hydrogens (tertiary/aromatic N) is 1. The fraction of sp³-hybridized carbons (Fsp3) is 0.889. The van der Waals surface area contributed by atoms with E-state index in [1.54, 1.807) is 7.11 Å². The summed E-state index contributed by atoms with van der Waals surface area (Å²) in [7, 11) is 1.70. The summed E-state index contributed by atoms with van der Waals surface area (Å²) in [5.74, 6) is 0.780. The molecule has 1 unspecified atom stereocenters. The van der Waals surface area contributed by atoms with E-state index in [-0.39, 0.29) is 0 Å². The summed E-state index contributed by atoms with van der Waals surface area (Å²) >= 11 is 5.24. The molecule has 1 aliphatic heterocycles. The van der Waals surface area contributed by atoms with E-state index < -0.39 is 0 Å². The van der Waals surface area contributed by atoms with Crippen molar-refractivity contribution in [3.8, 4) is 0 Å². The summed E-state index contributed by atoms with van der Waals surface area (Å²) < 4.78 is 4.94. The van der Waals surface area contributed by atoms with Crippen LogP contribution in [0.2, 0.25) is 0 Å². The van der Waals surface area contributed by atoms with Gasteiger partial charge in [-0.2, -0.15) is 0 Å². The van der Waals surface area contributed by atoms with Crippen molar-refractivity contribution in [2.24, 2.45) is 5.92 Å². The molecule has 4 heteroatoms. The van der Waals surface area contributed by atoms with Crippen LogP contribution in [0.1, 0.15) is 13.3 Å². The Kier molecular flexibility index (Phi) is 4.45. The molecule has 0 saturated carbocycles. The Morgan fingerprint density at radius 1 is 1.69 bits per heavy atom. The highest BCUT2D eigenvalue weighted by molar-refractivity contribution is 7.80. The predicted molar refractivity (Wildman–Crippen MR) is 57.8 cm³/mol. The van der Waals surface area contributed by atoms with Crippen molar-refractivity contribution in [1.82, 2.24) is 10.2 Å². The van der Waals surface area contributed by atoms with Crippen LogP contribution < -0.4 is 5.32 Å². The molecule has 3 nitrogen and oxygen atoms in total. The molecule has 1 atom stereocenters. The van der Waals surface area contributed by atoms with E-state index in [4.69, 9.17) is 17.0 Å². The van der Waals surface area contributed by atoms with Crippen molar-refractivity contribution in [2.45, 2.75) is 13.3 Å². The van der Waals surface area contributed by atoms with Crippen LogP contribution in [0.3, 0.4) is 0 Å². The Bertz CT molecular complexity index is 175.